The zero-order valence-corrected chi connectivity index (χ0v) is 13.3. The minimum atomic E-state index is -0.442. The van der Waals surface area contributed by atoms with Crippen molar-refractivity contribution in [2.75, 3.05) is 0 Å². The molecule has 0 saturated heterocycles. The van der Waals surface area contributed by atoms with Crippen molar-refractivity contribution in [1.82, 2.24) is 9.55 Å². The van der Waals surface area contributed by atoms with Crippen LogP contribution in [0.2, 0.25) is 0 Å². The molecule has 0 atom stereocenters. The van der Waals surface area contributed by atoms with E-state index in [-0.39, 0.29) is 11.2 Å². The molecule has 24 heavy (non-hydrogen) atoms. The van der Waals surface area contributed by atoms with E-state index in [0.717, 1.165) is 16.9 Å². The first kappa shape index (κ1) is 15.6. The molecule has 1 aromatic heterocycles. The molecule has 0 bridgehead atoms. The summed E-state index contributed by atoms with van der Waals surface area (Å²) in [6.45, 7) is 3.59. The first-order valence-corrected chi connectivity index (χ1v) is 7.39. The second-order valence-corrected chi connectivity index (χ2v) is 5.40. The van der Waals surface area contributed by atoms with Gasteiger partial charge in [-0.2, -0.15) is 4.98 Å². The molecule has 0 fully saturated rings. The molecule has 0 unspecified atom stereocenters. The van der Waals surface area contributed by atoms with Gasteiger partial charge in [0.2, 0.25) is 0 Å². The van der Waals surface area contributed by atoms with Gasteiger partial charge in [-0.05, 0) is 31.5 Å². The van der Waals surface area contributed by atoms with Crippen molar-refractivity contribution in [2.45, 2.75) is 13.8 Å². The fourth-order valence-corrected chi connectivity index (χ4v) is 2.80. The average molecular weight is 321 g/mol. The standard InChI is InChI=1S/C18H15N3O3/c1-12-17(14-6-4-3-5-7-14)18(22)19-13(2)20(12)15-8-10-16(11-9-15)21(23)24/h3-11H,1-2H3. The molecule has 120 valence electrons. The van der Waals surface area contributed by atoms with E-state index in [1.807, 2.05) is 41.8 Å². The normalized spacial score (nSPS) is 10.6. The highest BCUT2D eigenvalue weighted by molar-refractivity contribution is 5.65. The van der Waals surface area contributed by atoms with Gasteiger partial charge in [0.25, 0.3) is 11.2 Å². The summed E-state index contributed by atoms with van der Waals surface area (Å²) in [5.41, 5.74) is 2.52. The van der Waals surface area contributed by atoms with E-state index in [9.17, 15) is 14.9 Å². The van der Waals surface area contributed by atoms with Crippen molar-refractivity contribution in [1.29, 1.82) is 0 Å². The van der Waals surface area contributed by atoms with Crippen molar-refractivity contribution in [2.24, 2.45) is 0 Å². The molecule has 6 heteroatoms. The molecule has 0 radical (unpaired) electrons. The Bertz CT molecular complexity index is 961. The van der Waals surface area contributed by atoms with Gasteiger partial charge in [-0.3, -0.25) is 14.9 Å². The zero-order chi connectivity index (χ0) is 17.3. The van der Waals surface area contributed by atoms with Crippen LogP contribution in [0.15, 0.2) is 59.4 Å². The maximum absolute atomic E-state index is 12.4. The van der Waals surface area contributed by atoms with E-state index in [1.165, 1.54) is 12.1 Å². The minimum absolute atomic E-state index is 0.0198. The van der Waals surface area contributed by atoms with E-state index >= 15 is 0 Å². The average Bonchev–Trinajstić information content (AvgIpc) is 2.56. The molecule has 0 aliphatic rings. The molecule has 0 aliphatic carbocycles. The van der Waals surface area contributed by atoms with E-state index in [2.05, 4.69) is 4.98 Å². The van der Waals surface area contributed by atoms with Crippen LogP contribution >= 0.6 is 0 Å². The van der Waals surface area contributed by atoms with Crippen LogP contribution in [0, 0.1) is 24.0 Å². The monoisotopic (exact) mass is 321 g/mol. The maximum atomic E-state index is 12.4. The molecule has 1 heterocycles. The van der Waals surface area contributed by atoms with Crippen LogP contribution in [0.1, 0.15) is 11.5 Å². The van der Waals surface area contributed by atoms with E-state index in [4.69, 9.17) is 0 Å². The minimum Gasteiger partial charge on any atom is -0.302 e. The lowest BCUT2D eigenvalue weighted by Crippen LogP contribution is -2.20. The summed E-state index contributed by atoms with van der Waals surface area (Å²) in [6.07, 6.45) is 0. The van der Waals surface area contributed by atoms with Crippen molar-refractivity contribution < 1.29 is 4.92 Å². The molecule has 6 nitrogen and oxygen atoms in total. The highest BCUT2D eigenvalue weighted by Gasteiger charge is 2.15. The molecule has 0 amide bonds. The molecule has 2 aromatic carbocycles. The molecular weight excluding hydrogens is 306 g/mol. The van der Waals surface area contributed by atoms with Crippen molar-refractivity contribution >= 4 is 5.69 Å². The number of aromatic nitrogens is 2. The number of nitro benzene ring substituents is 1. The third-order valence-electron chi connectivity index (χ3n) is 3.88. The lowest BCUT2D eigenvalue weighted by atomic mass is 10.1. The lowest BCUT2D eigenvalue weighted by molar-refractivity contribution is -0.384. The Morgan fingerprint density at radius 3 is 2.21 bits per heavy atom. The van der Waals surface area contributed by atoms with E-state index in [1.54, 1.807) is 19.1 Å². The van der Waals surface area contributed by atoms with Crippen molar-refractivity contribution in [3.63, 3.8) is 0 Å². The predicted molar refractivity (Wildman–Crippen MR) is 91.4 cm³/mol. The second kappa shape index (κ2) is 6.08. The molecular formula is C18H15N3O3. The summed E-state index contributed by atoms with van der Waals surface area (Å²) in [7, 11) is 0. The number of benzene rings is 2. The summed E-state index contributed by atoms with van der Waals surface area (Å²) in [4.78, 5) is 26.9. The van der Waals surface area contributed by atoms with Gasteiger partial charge >= 0.3 is 0 Å². The Hall–Kier alpha value is -3.28. The first-order chi connectivity index (χ1) is 11.5. The lowest BCUT2D eigenvalue weighted by Gasteiger charge is -2.16. The van der Waals surface area contributed by atoms with Crippen molar-refractivity contribution in [3.8, 4) is 16.8 Å². The van der Waals surface area contributed by atoms with Gasteiger partial charge < -0.3 is 4.57 Å². The summed E-state index contributed by atoms with van der Waals surface area (Å²) in [5.74, 6) is 0.533. The van der Waals surface area contributed by atoms with Crippen LogP contribution in [-0.2, 0) is 0 Å². The quantitative estimate of drug-likeness (QED) is 0.547. The fourth-order valence-electron chi connectivity index (χ4n) is 2.80. The van der Waals surface area contributed by atoms with Crippen LogP contribution in [0.25, 0.3) is 16.8 Å². The number of rotatable bonds is 3. The first-order valence-electron chi connectivity index (χ1n) is 7.39. The molecule has 0 aliphatic heterocycles. The number of hydrogen-bond acceptors (Lipinski definition) is 4. The third-order valence-corrected chi connectivity index (χ3v) is 3.88. The van der Waals surface area contributed by atoms with Crippen LogP contribution in [0.4, 0.5) is 5.69 Å². The summed E-state index contributed by atoms with van der Waals surface area (Å²) >= 11 is 0. The van der Waals surface area contributed by atoms with Gasteiger partial charge in [-0.1, -0.05) is 30.3 Å². The SMILES string of the molecule is Cc1nc(=O)c(-c2ccccc2)c(C)n1-c1ccc([N+](=O)[O-])cc1. The van der Waals surface area contributed by atoms with E-state index in [0.29, 0.717) is 11.4 Å². The molecule has 0 spiro atoms. The molecule has 3 rings (SSSR count). The highest BCUT2D eigenvalue weighted by Crippen LogP contribution is 2.23. The van der Waals surface area contributed by atoms with Gasteiger partial charge in [0.05, 0.1) is 10.5 Å². The Morgan fingerprint density at radius 1 is 1.00 bits per heavy atom. The topological polar surface area (TPSA) is 78.0 Å². The van der Waals surface area contributed by atoms with Crippen LogP contribution < -0.4 is 5.56 Å². The Balaban J connectivity index is 2.22. The Morgan fingerprint density at radius 2 is 1.62 bits per heavy atom. The number of aryl methyl sites for hydroxylation is 1. The zero-order valence-electron chi connectivity index (χ0n) is 13.3. The Labute approximate surface area is 138 Å². The number of non-ortho nitro benzene ring substituents is 1. The maximum Gasteiger partial charge on any atom is 0.281 e. The molecule has 0 N–H and O–H groups in total. The van der Waals surface area contributed by atoms with Crippen molar-refractivity contribution in [3.05, 3.63) is 86.6 Å². The third kappa shape index (κ3) is 2.69. The molecule has 3 aromatic rings. The number of nitro groups is 1. The Kier molecular flexibility index (Phi) is 3.95. The smallest absolute Gasteiger partial charge is 0.281 e. The van der Waals surface area contributed by atoms with Gasteiger partial charge in [0.1, 0.15) is 5.82 Å². The predicted octanol–water partition coefficient (Wildman–Crippen LogP) is 3.42. The molecule has 0 saturated carbocycles. The van der Waals surface area contributed by atoms with Gasteiger partial charge in [0.15, 0.2) is 0 Å². The highest BCUT2D eigenvalue weighted by atomic mass is 16.6. The second-order valence-electron chi connectivity index (χ2n) is 5.40. The van der Waals surface area contributed by atoms with Crippen LogP contribution in [-0.4, -0.2) is 14.5 Å². The number of nitrogens with zero attached hydrogens (tertiary/aromatic N) is 3. The van der Waals surface area contributed by atoms with Gasteiger partial charge in [-0.15, -0.1) is 0 Å². The van der Waals surface area contributed by atoms with E-state index < -0.39 is 4.92 Å². The largest absolute Gasteiger partial charge is 0.302 e. The summed E-state index contributed by atoms with van der Waals surface area (Å²) in [5, 5.41) is 10.8. The van der Waals surface area contributed by atoms with Crippen LogP contribution in [0.5, 0.6) is 0 Å². The summed E-state index contributed by atoms with van der Waals surface area (Å²) in [6, 6.07) is 15.5. The van der Waals surface area contributed by atoms with Crippen LogP contribution in [0.3, 0.4) is 0 Å². The summed E-state index contributed by atoms with van der Waals surface area (Å²) < 4.78 is 1.83. The fraction of sp³-hybridized carbons (Fsp3) is 0.111. The van der Waals surface area contributed by atoms with Gasteiger partial charge in [0, 0.05) is 23.5 Å². The number of hydrogen-bond donors (Lipinski definition) is 0. The van der Waals surface area contributed by atoms with Gasteiger partial charge in [-0.25, -0.2) is 0 Å².